The predicted molar refractivity (Wildman–Crippen MR) is 91.5 cm³/mol. The average Bonchev–Trinajstić information content (AvgIpc) is 3.23. The zero-order valence-electron chi connectivity index (χ0n) is 13.7. The van der Waals surface area contributed by atoms with E-state index in [9.17, 15) is 9.90 Å². The molecule has 2 N–H and O–H groups in total. The van der Waals surface area contributed by atoms with Gasteiger partial charge in [-0.1, -0.05) is 18.2 Å². The smallest absolute Gasteiger partial charge is 0.234 e. The van der Waals surface area contributed by atoms with E-state index in [0.717, 1.165) is 45.4 Å². The number of benzene rings is 1. The minimum absolute atomic E-state index is 0.0866. The second-order valence-corrected chi connectivity index (χ2v) is 6.69. The van der Waals surface area contributed by atoms with Crippen molar-refractivity contribution in [1.82, 2.24) is 10.2 Å². The van der Waals surface area contributed by atoms with Crippen LogP contribution in [0.5, 0.6) is 0 Å². The lowest BCUT2D eigenvalue weighted by molar-refractivity contribution is -0.122. The fraction of sp³-hybridized carbons (Fsp3) is 0.611. The average molecular weight is 317 g/mol. The lowest BCUT2D eigenvalue weighted by Crippen LogP contribution is -2.42. The molecule has 2 saturated heterocycles. The van der Waals surface area contributed by atoms with Crippen LogP contribution in [0.2, 0.25) is 0 Å². The van der Waals surface area contributed by atoms with E-state index in [4.69, 9.17) is 0 Å². The SMILES string of the molecule is O=C(CN1CCC[C@@H]1CO)NCC1CCN(c2ccccc2)C1. The Bertz CT molecular complexity index is 508. The van der Waals surface area contributed by atoms with Gasteiger partial charge < -0.3 is 15.3 Å². The molecule has 126 valence electrons. The second-order valence-electron chi connectivity index (χ2n) is 6.69. The van der Waals surface area contributed by atoms with Crippen molar-refractivity contribution in [2.24, 2.45) is 5.92 Å². The number of amides is 1. The zero-order valence-corrected chi connectivity index (χ0v) is 13.7. The van der Waals surface area contributed by atoms with E-state index >= 15 is 0 Å². The molecule has 2 fully saturated rings. The number of carbonyl (C=O) groups excluding carboxylic acids is 1. The van der Waals surface area contributed by atoms with Crippen LogP contribution in [0, 0.1) is 5.92 Å². The molecule has 1 unspecified atom stereocenters. The minimum Gasteiger partial charge on any atom is -0.395 e. The minimum atomic E-state index is 0.0866. The van der Waals surface area contributed by atoms with Crippen LogP contribution in [0.4, 0.5) is 5.69 Å². The number of para-hydroxylation sites is 1. The normalized spacial score (nSPS) is 25.0. The third-order valence-corrected chi connectivity index (χ3v) is 5.05. The second kappa shape index (κ2) is 7.79. The number of likely N-dealkylation sites (tertiary alicyclic amines) is 1. The molecule has 0 radical (unpaired) electrons. The molecule has 2 heterocycles. The Labute approximate surface area is 138 Å². The van der Waals surface area contributed by atoms with Gasteiger partial charge in [-0.05, 0) is 43.9 Å². The van der Waals surface area contributed by atoms with Gasteiger partial charge in [-0.25, -0.2) is 0 Å². The van der Waals surface area contributed by atoms with Crippen molar-refractivity contribution in [3.05, 3.63) is 30.3 Å². The van der Waals surface area contributed by atoms with Gasteiger partial charge in [-0.15, -0.1) is 0 Å². The first-order valence-electron chi connectivity index (χ1n) is 8.68. The van der Waals surface area contributed by atoms with E-state index in [1.165, 1.54) is 5.69 Å². The van der Waals surface area contributed by atoms with Crippen LogP contribution in [-0.2, 0) is 4.79 Å². The third kappa shape index (κ3) is 4.24. The lowest BCUT2D eigenvalue weighted by Gasteiger charge is -2.22. The summed E-state index contributed by atoms with van der Waals surface area (Å²) in [5.41, 5.74) is 1.27. The summed E-state index contributed by atoms with van der Waals surface area (Å²) >= 11 is 0. The third-order valence-electron chi connectivity index (χ3n) is 5.05. The Morgan fingerprint density at radius 1 is 1.22 bits per heavy atom. The molecule has 5 heteroatoms. The predicted octanol–water partition coefficient (Wildman–Crippen LogP) is 1.09. The largest absolute Gasteiger partial charge is 0.395 e. The van der Waals surface area contributed by atoms with Gasteiger partial charge in [0.1, 0.15) is 0 Å². The van der Waals surface area contributed by atoms with Crippen molar-refractivity contribution >= 4 is 11.6 Å². The molecule has 2 aliphatic heterocycles. The van der Waals surface area contributed by atoms with Gasteiger partial charge in [-0.2, -0.15) is 0 Å². The van der Waals surface area contributed by atoms with Crippen LogP contribution in [0.25, 0.3) is 0 Å². The highest BCUT2D eigenvalue weighted by atomic mass is 16.3. The number of nitrogens with one attached hydrogen (secondary N) is 1. The maximum Gasteiger partial charge on any atom is 0.234 e. The summed E-state index contributed by atoms with van der Waals surface area (Å²) in [6.07, 6.45) is 3.20. The molecule has 0 spiro atoms. The highest BCUT2D eigenvalue weighted by Gasteiger charge is 2.26. The molecule has 0 aromatic heterocycles. The number of hydrogen-bond donors (Lipinski definition) is 2. The summed E-state index contributed by atoms with van der Waals surface area (Å²) < 4.78 is 0. The highest BCUT2D eigenvalue weighted by molar-refractivity contribution is 5.78. The molecule has 23 heavy (non-hydrogen) atoms. The van der Waals surface area contributed by atoms with E-state index in [0.29, 0.717) is 12.5 Å². The fourth-order valence-electron chi connectivity index (χ4n) is 3.68. The van der Waals surface area contributed by atoms with Gasteiger partial charge in [0.2, 0.25) is 5.91 Å². The lowest BCUT2D eigenvalue weighted by atomic mass is 10.1. The number of hydrogen-bond acceptors (Lipinski definition) is 4. The molecule has 2 atom stereocenters. The molecule has 1 amide bonds. The molecular weight excluding hydrogens is 290 g/mol. The van der Waals surface area contributed by atoms with E-state index in [-0.39, 0.29) is 18.6 Å². The first-order valence-corrected chi connectivity index (χ1v) is 8.68. The number of anilines is 1. The molecule has 0 aliphatic carbocycles. The summed E-state index contributed by atoms with van der Waals surface area (Å²) in [5.74, 6) is 0.606. The van der Waals surface area contributed by atoms with E-state index in [2.05, 4.69) is 39.4 Å². The van der Waals surface area contributed by atoms with Crippen LogP contribution in [-0.4, -0.2) is 61.3 Å². The summed E-state index contributed by atoms with van der Waals surface area (Å²) in [5, 5.41) is 12.4. The van der Waals surface area contributed by atoms with Crippen molar-refractivity contribution in [2.75, 3.05) is 44.2 Å². The van der Waals surface area contributed by atoms with Crippen LogP contribution in [0.15, 0.2) is 30.3 Å². The number of aliphatic hydroxyl groups is 1. The topological polar surface area (TPSA) is 55.8 Å². The van der Waals surface area contributed by atoms with Crippen molar-refractivity contribution in [3.8, 4) is 0 Å². The van der Waals surface area contributed by atoms with Gasteiger partial charge in [0.05, 0.1) is 13.2 Å². The van der Waals surface area contributed by atoms with Crippen LogP contribution >= 0.6 is 0 Å². The van der Waals surface area contributed by atoms with Gasteiger partial charge in [0.25, 0.3) is 0 Å². The monoisotopic (exact) mass is 317 g/mol. The Balaban J connectivity index is 1.40. The Hall–Kier alpha value is -1.59. The van der Waals surface area contributed by atoms with Gasteiger partial charge >= 0.3 is 0 Å². The molecule has 5 nitrogen and oxygen atoms in total. The summed E-state index contributed by atoms with van der Waals surface area (Å²) in [7, 11) is 0. The Morgan fingerprint density at radius 2 is 2.04 bits per heavy atom. The first kappa shape index (κ1) is 16.3. The van der Waals surface area contributed by atoms with Gasteiger partial charge in [0, 0.05) is 31.4 Å². The molecule has 3 rings (SSSR count). The summed E-state index contributed by atoms with van der Waals surface area (Å²) in [6, 6.07) is 10.6. The molecule has 1 aromatic carbocycles. The van der Waals surface area contributed by atoms with Crippen molar-refractivity contribution in [2.45, 2.75) is 25.3 Å². The first-order chi connectivity index (χ1) is 11.3. The Kier molecular flexibility index (Phi) is 5.51. The maximum atomic E-state index is 12.1. The summed E-state index contributed by atoms with van der Waals surface area (Å²) in [4.78, 5) is 16.6. The van der Waals surface area contributed by atoms with Crippen molar-refractivity contribution in [3.63, 3.8) is 0 Å². The van der Waals surface area contributed by atoms with Crippen LogP contribution in [0.1, 0.15) is 19.3 Å². The van der Waals surface area contributed by atoms with Gasteiger partial charge in [0.15, 0.2) is 0 Å². The van der Waals surface area contributed by atoms with Crippen LogP contribution < -0.4 is 10.2 Å². The van der Waals surface area contributed by atoms with E-state index < -0.39 is 0 Å². The molecular formula is C18H27N3O2. The molecule has 0 bridgehead atoms. The standard InChI is InChI=1S/C18H27N3O2/c22-14-17-7-4-9-20(17)13-18(23)19-11-15-8-10-21(12-15)16-5-2-1-3-6-16/h1-3,5-6,15,17,22H,4,7-14H2,(H,19,23)/t15?,17-/m1/s1. The Morgan fingerprint density at radius 3 is 2.83 bits per heavy atom. The molecule has 1 aromatic rings. The quantitative estimate of drug-likeness (QED) is 0.824. The van der Waals surface area contributed by atoms with Crippen molar-refractivity contribution in [1.29, 1.82) is 0 Å². The number of aliphatic hydroxyl groups excluding tert-OH is 1. The highest BCUT2D eigenvalue weighted by Crippen LogP contribution is 2.23. The van der Waals surface area contributed by atoms with E-state index in [1.807, 2.05) is 6.07 Å². The number of rotatable bonds is 6. The van der Waals surface area contributed by atoms with E-state index in [1.54, 1.807) is 0 Å². The van der Waals surface area contributed by atoms with Crippen molar-refractivity contribution < 1.29 is 9.90 Å². The van der Waals surface area contributed by atoms with Crippen LogP contribution in [0.3, 0.4) is 0 Å². The molecule has 0 saturated carbocycles. The number of nitrogens with zero attached hydrogens (tertiary/aromatic N) is 2. The maximum absolute atomic E-state index is 12.1. The fourth-order valence-corrected chi connectivity index (χ4v) is 3.68. The molecule has 2 aliphatic rings. The number of carbonyl (C=O) groups is 1. The summed E-state index contributed by atoms with van der Waals surface area (Å²) in [6.45, 7) is 4.31. The van der Waals surface area contributed by atoms with Gasteiger partial charge in [-0.3, -0.25) is 9.69 Å². The zero-order chi connectivity index (χ0) is 16.1.